The lowest BCUT2D eigenvalue weighted by Gasteiger charge is -2.22. The molecule has 3 fully saturated rings. The minimum atomic E-state index is -0.370. The van der Waals surface area contributed by atoms with Crippen molar-refractivity contribution in [3.8, 4) is 0 Å². The van der Waals surface area contributed by atoms with Gasteiger partial charge >= 0.3 is 6.03 Å². The Labute approximate surface area is 148 Å². The molecule has 1 aromatic carbocycles. The van der Waals surface area contributed by atoms with Crippen LogP contribution in [0.1, 0.15) is 38.5 Å². The Kier molecular flexibility index (Phi) is 4.81. The highest BCUT2D eigenvalue weighted by atomic mass is 16.7. The summed E-state index contributed by atoms with van der Waals surface area (Å²) in [5, 5.41) is 5.91. The van der Waals surface area contributed by atoms with E-state index in [-0.39, 0.29) is 17.9 Å². The van der Waals surface area contributed by atoms with Gasteiger partial charge in [0.1, 0.15) is 6.10 Å². The number of hydrogen-bond acceptors (Lipinski definition) is 4. The fourth-order valence-electron chi connectivity index (χ4n) is 4.08. The summed E-state index contributed by atoms with van der Waals surface area (Å²) in [5.41, 5.74) is 1.96. The number of amides is 2. The Bertz CT molecular complexity index is 610. The molecule has 136 valence electrons. The number of carbonyl (C=O) groups is 1. The maximum absolute atomic E-state index is 12.3. The van der Waals surface area contributed by atoms with E-state index in [9.17, 15) is 4.79 Å². The summed E-state index contributed by atoms with van der Waals surface area (Å²) >= 11 is 0. The highest BCUT2D eigenvalue weighted by Crippen LogP contribution is 2.39. The first-order valence-corrected chi connectivity index (χ1v) is 9.45. The number of carbonyl (C=O) groups excluding carboxylic acids is 1. The standard InChI is InChI=1S/C19H27N3O3/c23-18(20-13-15-14-24-19(25-15)9-3-4-10-19)21-16-7-1-2-8-17(16)22-11-5-6-12-22/h1-2,7-8,15H,3-6,9-14H2,(H2,20,21,23). The van der Waals surface area contributed by atoms with Gasteiger partial charge in [0.25, 0.3) is 0 Å². The molecular weight excluding hydrogens is 318 g/mol. The van der Waals surface area contributed by atoms with Crippen molar-refractivity contribution >= 4 is 17.4 Å². The minimum Gasteiger partial charge on any atom is -0.370 e. The molecule has 2 heterocycles. The molecule has 1 atom stereocenters. The van der Waals surface area contributed by atoms with E-state index in [1.54, 1.807) is 0 Å². The molecule has 0 radical (unpaired) electrons. The second-order valence-corrected chi connectivity index (χ2v) is 7.21. The zero-order valence-corrected chi connectivity index (χ0v) is 14.6. The van der Waals surface area contributed by atoms with Gasteiger partial charge in [-0.1, -0.05) is 12.1 Å². The summed E-state index contributed by atoms with van der Waals surface area (Å²) < 4.78 is 11.9. The van der Waals surface area contributed by atoms with E-state index in [1.165, 1.54) is 12.8 Å². The quantitative estimate of drug-likeness (QED) is 0.880. The van der Waals surface area contributed by atoms with Gasteiger partial charge in [-0.2, -0.15) is 0 Å². The molecule has 4 rings (SSSR count). The maximum Gasteiger partial charge on any atom is 0.319 e. The second-order valence-electron chi connectivity index (χ2n) is 7.21. The summed E-state index contributed by atoms with van der Waals surface area (Å²) in [6, 6.07) is 7.80. The first-order valence-electron chi connectivity index (χ1n) is 9.45. The van der Waals surface area contributed by atoms with Crippen LogP contribution in [-0.2, 0) is 9.47 Å². The van der Waals surface area contributed by atoms with Gasteiger partial charge in [-0.3, -0.25) is 0 Å². The summed E-state index contributed by atoms with van der Waals surface area (Å²) in [6.45, 7) is 3.13. The van der Waals surface area contributed by atoms with E-state index in [4.69, 9.17) is 9.47 Å². The van der Waals surface area contributed by atoms with Gasteiger partial charge in [0.2, 0.25) is 0 Å². The molecule has 1 saturated carbocycles. The van der Waals surface area contributed by atoms with Gasteiger partial charge in [-0.15, -0.1) is 0 Å². The SMILES string of the molecule is O=C(NCC1COC2(CCCC2)O1)Nc1ccccc1N1CCCC1. The smallest absolute Gasteiger partial charge is 0.319 e. The number of para-hydroxylation sites is 2. The van der Waals surface area contributed by atoms with Crippen LogP contribution >= 0.6 is 0 Å². The van der Waals surface area contributed by atoms with Crippen molar-refractivity contribution in [1.82, 2.24) is 5.32 Å². The third-order valence-corrected chi connectivity index (χ3v) is 5.37. The molecule has 1 aliphatic carbocycles. The van der Waals surface area contributed by atoms with Crippen LogP contribution in [0.3, 0.4) is 0 Å². The average Bonchev–Trinajstić information content (AvgIpc) is 3.37. The van der Waals surface area contributed by atoms with Gasteiger partial charge in [-0.25, -0.2) is 4.79 Å². The minimum absolute atomic E-state index is 0.0577. The van der Waals surface area contributed by atoms with Crippen LogP contribution in [0.15, 0.2) is 24.3 Å². The second kappa shape index (κ2) is 7.22. The summed E-state index contributed by atoms with van der Waals surface area (Å²) in [6.07, 6.45) is 6.63. The number of nitrogens with one attached hydrogen (secondary N) is 2. The average molecular weight is 345 g/mol. The number of urea groups is 1. The molecule has 2 N–H and O–H groups in total. The van der Waals surface area contributed by atoms with Crippen LogP contribution in [-0.4, -0.2) is 44.2 Å². The van der Waals surface area contributed by atoms with Crippen LogP contribution in [0, 0.1) is 0 Å². The molecule has 2 amide bonds. The zero-order chi connectivity index (χ0) is 17.1. The molecular formula is C19H27N3O3. The largest absolute Gasteiger partial charge is 0.370 e. The third-order valence-electron chi connectivity index (χ3n) is 5.37. The fourth-order valence-corrected chi connectivity index (χ4v) is 4.08. The van der Waals surface area contributed by atoms with Crippen LogP contribution in [0.2, 0.25) is 0 Å². The molecule has 6 heteroatoms. The Morgan fingerprint density at radius 1 is 1.16 bits per heavy atom. The summed E-state index contributed by atoms with van der Waals surface area (Å²) in [4.78, 5) is 14.6. The van der Waals surface area contributed by atoms with Crippen LogP contribution in [0.4, 0.5) is 16.2 Å². The molecule has 6 nitrogen and oxygen atoms in total. The number of rotatable bonds is 4. The van der Waals surface area contributed by atoms with Crippen LogP contribution in [0.5, 0.6) is 0 Å². The first-order chi connectivity index (χ1) is 12.2. The normalized spacial score (nSPS) is 24.8. The molecule has 1 spiro atoms. The third kappa shape index (κ3) is 3.75. The molecule has 1 aromatic rings. The molecule has 25 heavy (non-hydrogen) atoms. The van der Waals surface area contributed by atoms with E-state index in [1.807, 2.05) is 18.2 Å². The van der Waals surface area contributed by atoms with Crippen molar-refractivity contribution in [2.75, 3.05) is 36.5 Å². The number of benzene rings is 1. The van der Waals surface area contributed by atoms with E-state index < -0.39 is 0 Å². The summed E-state index contributed by atoms with van der Waals surface area (Å²) in [7, 11) is 0. The Morgan fingerprint density at radius 2 is 1.92 bits per heavy atom. The van der Waals surface area contributed by atoms with E-state index in [2.05, 4.69) is 21.6 Å². The summed E-state index contributed by atoms with van der Waals surface area (Å²) in [5.74, 6) is -0.370. The van der Waals surface area contributed by atoms with Crippen molar-refractivity contribution in [2.45, 2.75) is 50.4 Å². The number of ether oxygens (including phenoxy) is 2. The highest BCUT2D eigenvalue weighted by Gasteiger charge is 2.43. The van der Waals surface area contributed by atoms with Gasteiger partial charge in [0.15, 0.2) is 5.79 Å². The Balaban J connectivity index is 1.29. The van der Waals surface area contributed by atoms with Crippen molar-refractivity contribution in [3.63, 3.8) is 0 Å². The Morgan fingerprint density at radius 3 is 2.72 bits per heavy atom. The van der Waals surface area contributed by atoms with E-state index >= 15 is 0 Å². The van der Waals surface area contributed by atoms with Gasteiger partial charge < -0.3 is 25.0 Å². The first kappa shape index (κ1) is 16.7. The predicted molar refractivity (Wildman–Crippen MR) is 96.9 cm³/mol. The molecule has 0 bridgehead atoms. The van der Waals surface area contributed by atoms with Gasteiger partial charge in [-0.05, 0) is 37.8 Å². The number of hydrogen-bond donors (Lipinski definition) is 2. The molecule has 0 aromatic heterocycles. The van der Waals surface area contributed by atoms with E-state index in [0.29, 0.717) is 13.2 Å². The zero-order valence-electron chi connectivity index (χ0n) is 14.6. The molecule has 2 aliphatic heterocycles. The van der Waals surface area contributed by atoms with Crippen molar-refractivity contribution in [3.05, 3.63) is 24.3 Å². The van der Waals surface area contributed by atoms with E-state index in [0.717, 1.165) is 50.1 Å². The number of anilines is 2. The van der Waals surface area contributed by atoms with Gasteiger partial charge in [0, 0.05) is 32.5 Å². The Hall–Kier alpha value is -1.79. The monoisotopic (exact) mass is 345 g/mol. The lowest BCUT2D eigenvalue weighted by Crippen LogP contribution is -2.37. The molecule has 2 saturated heterocycles. The fraction of sp³-hybridized carbons (Fsp3) is 0.632. The van der Waals surface area contributed by atoms with Crippen LogP contribution < -0.4 is 15.5 Å². The molecule has 3 aliphatic rings. The number of nitrogens with zero attached hydrogens (tertiary/aromatic N) is 1. The topological polar surface area (TPSA) is 62.8 Å². The van der Waals surface area contributed by atoms with Crippen LogP contribution in [0.25, 0.3) is 0 Å². The van der Waals surface area contributed by atoms with Crippen molar-refractivity contribution in [1.29, 1.82) is 0 Å². The lowest BCUT2D eigenvalue weighted by atomic mass is 10.2. The van der Waals surface area contributed by atoms with Crippen molar-refractivity contribution in [2.24, 2.45) is 0 Å². The lowest BCUT2D eigenvalue weighted by molar-refractivity contribution is -0.160. The maximum atomic E-state index is 12.3. The highest BCUT2D eigenvalue weighted by molar-refractivity contribution is 5.93. The van der Waals surface area contributed by atoms with Crippen molar-refractivity contribution < 1.29 is 14.3 Å². The predicted octanol–water partition coefficient (Wildman–Crippen LogP) is 3.09. The van der Waals surface area contributed by atoms with Gasteiger partial charge in [0.05, 0.1) is 18.0 Å². The molecule has 1 unspecified atom stereocenters.